The van der Waals surface area contributed by atoms with Crippen LogP contribution in [0.15, 0.2) is 6.20 Å². The molecule has 1 aromatic heterocycles. The van der Waals surface area contributed by atoms with Gasteiger partial charge in [-0.05, 0) is 6.92 Å². The number of amides is 1. The third kappa shape index (κ3) is 6.95. The van der Waals surface area contributed by atoms with Gasteiger partial charge in [-0.15, -0.1) is 30.2 Å². The zero-order valence-electron chi connectivity index (χ0n) is 9.66. The molecule has 0 bridgehead atoms. The fourth-order valence-corrected chi connectivity index (χ4v) is 1.90. The van der Waals surface area contributed by atoms with Gasteiger partial charge in [-0.3, -0.25) is 4.79 Å². The van der Waals surface area contributed by atoms with Gasteiger partial charge in [0.15, 0.2) is 0 Å². The average molecular weight is 274 g/mol. The van der Waals surface area contributed by atoms with E-state index in [9.17, 15) is 4.79 Å². The van der Waals surface area contributed by atoms with Gasteiger partial charge in [0, 0.05) is 30.6 Å². The molecule has 0 saturated heterocycles. The van der Waals surface area contributed by atoms with E-state index in [1.54, 1.807) is 11.3 Å². The highest BCUT2D eigenvalue weighted by Crippen LogP contribution is 2.10. The number of halogens is 1. The van der Waals surface area contributed by atoms with Gasteiger partial charge >= 0.3 is 0 Å². The normalized spacial score (nSPS) is 9.18. The van der Waals surface area contributed by atoms with E-state index in [1.807, 2.05) is 13.1 Å². The first-order valence-electron chi connectivity index (χ1n) is 5.04. The molecule has 1 aromatic rings. The topological polar surface area (TPSA) is 54.0 Å². The first-order chi connectivity index (χ1) is 7.72. The van der Waals surface area contributed by atoms with Gasteiger partial charge in [-0.25, -0.2) is 4.98 Å². The Labute approximate surface area is 112 Å². The molecule has 0 aliphatic rings. The summed E-state index contributed by atoms with van der Waals surface area (Å²) in [5.74, 6) is 2.34. The number of carbonyl (C=O) groups excluding carboxylic acids is 1. The van der Waals surface area contributed by atoms with Crippen LogP contribution in [0.5, 0.6) is 0 Å². The van der Waals surface area contributed by atoms with Crippen molar-refractivity contribution in [1.29, 1.82) is 0 Å². The number of nitrogens with zero attached hydrogens (tertiary/aromatic N) is 1. The summed E-state index contributed by atoms with van der Waals surface area (Å²) in [6.07, 6.45) is 7.32. The van der Waals surface area contributed by atoms with E-state index in [-0.39, 0.29) is 18.3 Å². The van der Waals surface area contributed by atoms with Crippen molar-refractivity contribution in [3.05, 3.63) is 16.1 Å². The van der Waals surface area contributed by atoms with Gasteiger partial charge in [0.05, 0.1) is 11.6 Å². The number of hydrogen-bond donors (Lipinski definition) is 2. The van der Waals surface area contributed by atoms with Gasteiger partial charge in [0.1, 0.15) is 0 Å². The predicted molar refractivity (Wildman–Crippen MR) is 72.3 cm³/mol. The Kier molecular flexibility index (Phi) is 8.42. The van der Waals surface area contributed by atoms with E-state index >= 15 is 0 Å². The maximum Gasteiger partial charge on any atom is 0.222 e. The van der Waals surface area contributed by atoms with E-state index in [0.717, 1.165) is 11.6 Å². The van der Waals surface area contributed by atoms with Crippen molar-refractivity contribution in [3.8, 4) is 12.3 Å². The summed E-state index contributed by atoms with van der Waals surface area (Å²) in [5.41, 5.74) is 0. The zero-order valence-corrected chi connectivity index (χ0v) is 11.3. The molecule has 1 heterocycles. The van der Waals surface area contributed by atoms with Crippen molar-refractivity contribution in [2.75, 3.05) is 13.1 Å². The van der Waals surface area contributed by atoms with Gasteiger partial charge in [-0.1, -0.05) is 5.92 Å². The SMILES string of the molecule is C#CCNC(=O)CCNCc1cnc(C)s1.Cl. The van der Waals surface area contributed by atoms with Gasteiger partial charge in [0.25, 0.3) is 0 Å². The number of aromatic nitrogens is 1. The van der Waals surface area contributed by atoms with Gasteiger partial charge < -0.3 is 10.6 Å². The van der Waals surface area contributed by atoms with Crippen LogP contribution in [-0.4, -0.2) is 24.0 Å². The molecular formula is C11H16ClN3OS. The lowest BCUT2D eigenvalue weighted by Gasteiger charge is -2.02. The fraction of sp³-hybridized carbons (Fsp3) is 0.455. The second-order valence-electron chi connectivity index (χ2n) is 3.25. The molecule has 4 nitrogen and oxygen atoms in total. The summed E-state index contributed by atoms with van der Waals surface area (Å²) < 4.78 is 0. The van der Waals surface area contributed by atoms with E-state index in [2.05, 4.69) is 21.5 Å². The number of terminal acetylenes is 1. The van der Waals surface area contributed by atoms with Crippen molar-refractivity contribution in [3.63, 3.8) is 0 Å². The maximum atomic E-state index is 11.2. The van der Waals surface area contributed by atoms with Crippen LogP contribution in [0.2, 0.25) is 0 Å². The highest BCUT2D eigenvalue weighted by Gasteiger charge is 2.00. The average Bonchev–Trinajstić information content (AvgIpc) is 2.67. The van der Waals surface area contributed by atoms with Crippen LogP contribution in [0.25, 0.3) is 0 Å². The Morgan fingerprint density at radius 2 is 2.41 bits per heavy atom. The molecule has 0 fully saturated rings. The second-order valence-corrected chi connectivity index (χ2v) is 4.57. The predicted octanol–water partition coefficient (Wildman–Crippen LogP) is 1.10. The molecule has 1 amide bonds. The van der Waals surface area contributed by atoms with E-state index in [1.165, 1.54) is 4.88 Å². The fourth-order valence-electron chi connectivity index (χ4n) is 1.14. The Bertz CT molecular complexity index is 386. The molecule has 0 spiro atoms. The van der Waals surface area contributed by atoms with E-state index in [4.69, 9.17) is 6.42 Å². The van der Waals surface area contributed by atoms with Crippen LogP contribution >= 0.6 is 23.7 Å². The second kappa shape index (κ2) is 8.99. The smallest absolute Gasteiger partial charge is 0.222 e. The number of rotatable bonds is 6. The third-order valence-electron chi connectivity index (χ3n) is 1.88. The molecule has 0 radical (unpaired) electrons. The Hall–Kier alpha value is -1.09. The molecule has 1 rings (SSSR count). The molecular weight excluding hydrogens is 258 g/mol. The lowest BCUT2D eigenvalue weighted by molar-refractivity contribution is -0.120. The summed E-state index contributed by atoms with van der Waals surface area (Å²) in [7, 11) is 0. The number of hydrogen-bond acceptors (Lipinski definition) is 4. The first-order valence-corrected chi connectivity index (χ1v) is 5.86. The summed E-state index contributed by atoms with van der Waals surface area (Å²) >= 11 is 1.66. The van der Waals surface area contributed by atoms with Crippen LogP contribution < -0.4 is 10.6 Å². The molecule has 2 N–H and O–H groups in total. The summed E-state index contributed by atoms with van der Waals surface area (Å²) in [6.45, 7) is 3.68. The van der Waals surface area contributed by atoms with Crippen molar-refractivity contribution in [1.82, 2.24) is 15.6 Å². The minimum atomic E-state index is -0.0223. The monoisotopic (exact) mass is 273 g/mol. The highest BCUT2D eigenvalue weighted by molar-refractivity contribution is 7.11. The lowest BCUT2D eigenvalue weighted by atomic mass is 10.4. The van der Waals surface area contributed by atoms with Crippen LogP contribution in [0.1, 0.15) is 16.3 Å². The van der Waals surface area contributed by atoms with E-state index < -0.39 is 0 Å². The molecule has 0 aliphatic heterocycles. The van der Waals surface area contributed by atoms with Gasteiger partial charge in [0.2, 0.25) is 5.91 Å². The highest BCUT2D eigenvalue weighted by atomic mass is 35.5. The zero-order chi connectivity index (χ0) is 11.8. The minimum Gasteiger partial charge on any atom is -0.345 e. The van der Waals surface area contributed by atoms with Gasteiger partial charge in [-0.2, -0.15) is 0 Å². The molecule has 6 heteroatoms. The molecule has 0 unspecified atom stereocenters. The Morgan fingerprint density at radius 1 is 1.65 bits per heavy atom. The summed E-state index contributed by atoms with van der Waals surface area (Å²) in [4.78, 5) is 16.5. The standard InChI is InChI=1S/C11H15N3OS.ClH/c1-3-5-13-11(15)4-6-12-7-10-8-14-9(2)16-10;/h1,8,12H,4-7H2,2H3,(H,13,15);1H. The number of thiazole rings is 1. The Balaban J connectivity index is 0.00000256. The van der Waals surface area contributed by atoms with Crippen molar-refractivity contribution >= 4 is 29.7 Å². The molecule has 0 saturated carbocycles. The quantitative estimate of drug-likeness (QED) is 0.603. The molecule has 94 valence electrons. The molecule has 0 aromatic carbocycles. The summed E-state index contributed by atoms with van der Waals surface area (Å²) in [6, 6.07) is 0. The number of nitrogens with one attached hydrogen (secondary N) is 2. The lowest BCUT2D eigenvalue weighted by Crippen LogP contribution is -2.27. The minimum absolute atomic E-state index is 0. The van der Waals surface area contributed by atoms with Crippen molar-refractivity contribution in [2.24, 2.45) is 0 Å². The van der Waals surface area contributed by atoms with E-state index in [0.29, 0.717) is 19.5 Å². The Morgan fingerprint density at radius 3 is 3.00 bits per heavy atom. The summed E-state index contributed by atoms with van der Waals surface area (Å²) in [5, 5.41) is 6.85. The number of carbonyl (C=O) groups is 1. The van der Waals surface area contributed by atoms with Crippen LogP contribution in [-0.2, 0) is 11.3 Å². The third-order valence-corrected chi connectivity index (χ3v) is 2.80. The van der Waals surface area contributed by atoms with Crippen molar-refractivity contribution < 1.29 is 4.79 Å². The largest absolute Gasteiger partial charge is 0.345 e. The van der Waals surface area contributed by atoms with Crippen molar-refractivity contribution in [2.45, 2.75) is 19.9 Å². The first kappa shape index (κ1) is 15.9. The van der Waals surface area contributed by atoms with Crippen LogP contribution in [0, 0.1) is 19.3 Å². The van der Waals surface area contributed by atoms with Crippen LogP contribution in [0.4, 0.5) is 0 Å². The number of aryl methyl sites for hydroxylation is 1. The molecule has 0 atom stereocenters. The molecule has 17 heavy (non-hydrogen) atoms. The molecule has 0 aliphatic carbocycles. The van der Waals surface area contributed by atoms with Crippen LogP contribution in [0.3, 0.4) is 0 Å². The maximum absolute atomic E-state index is 11.2.